The van der Waals surface area contributed by atoms with Crippen molar-refractivity contribution >= 4 is 18.3 Å². The zero-order valence-corrected chi connectivity index (χ0v) is 13.4. The Kier molecular flexibility index (Phi) is 5.57. The van der Waals surface area contributed by atoms with Crippen molar-refractivity contribution in [2.24, 2.45) is 0 Å². The molecule has 22 heavy (non-hydrogen) atoms. The van der Waals surface area contributed by atoms with Gasteiger partial charge >= 0.3 is 0 Å². The first-order valence-corrected chi connectivity index (χ1v) is 7.37. The highest BCUT2D eigenvalue weighted by Crippen LogP contribution is 2.12. The lowest BCUT2D eigenvalue weighted by Crippen LogP contribution is -2.42. The molecule has 0 bridgehead atoms. The van der Waals surface area contributed by atoms with Crippen molar-refractivity contribution in [3.05, 3.63) is 47.8 Å². The lowest BCUT2D eigenvalue weighted by Gasteiger charge is -2.23. The SMILES string of the molecule is Cc1nn(-c2ccccc2)cc1C(=O)NC1CCNCC1.Cl. The molecule has 0 unspecified atom stereocenters. The molecule has 2 N–H and O–H groups in total. The van der Waals surface area contributed by atoms with Crippen molar-refractivity contribution in [2.75, 3.05) is 13.1 Å². The lowest BCUT2D eigenvalue weighted by molar-refractivity contribution is 0.0929. The summed E-state index contributed by atoms with van der Waals surface area (Å²) in [7, 11) is 0. The molecule has 1 fully saturated rings. The van der Waals surface area contributed by atoms with Crippen molar-refractivity contribution in [1.82, 2.24) is 20.4 Å². The predicted molar refractivity (Wildman–Crippen MR) is 88.9 cm³/mol. The Morgan fingerprint density at radius 3 is 2.64 bits per heavy atom. The zero-order chi connectivity index (χ0) is 14.7. The molecule has 1 amide bonds. The maximum absolute atomic E-state index is 12.4. The fraction of sp³-hybridized carbons (Fsp3) is 0.375. The second kappa shape index (κ2) is 7.42. The van der Waals surface area contributed by atoms with Gasteiger partial charge < -0.3 is 10.6 Å². The molecule has 1 aromatic heterocycles. The van der Waals surface area contributed by atoms with Crippen LogP contribution in [0.4, 0.5) is 0 Å². The minimum Gasteiger partial charge on any atom is -0.349 e. The van der Waals surface area contributed by atoms with Crippen LogP contribution in [0.25, 0.3) is 5.69 Å². The van der Waals surface area contributed by atoms with Gasteiger partial charge in [-0.1, -0.05) is 18.2 Å². The Morgan fingerprint density at radius 1 is 1.27 bits per heavy atom. The van der Waals surface area contributed by atoms with Crippen molar-refractivity contribution in [1.29, 1.82) is 0 Å². The van der Waals surface area contributed by atoms with E-state index in [0.29, 0.717) is 5.56 Å². The van der Waals surface area contributed by atoms with Gasteiger partial charge in [-0.2, -0.15) is 5.10 Å². The highest BCUT2D eigenvalue weighted by molar-refractivity contribution is 5.95. The number of aryl methyl sites for hydroxylation is 1. The van der Waals surface area contributed by atoms with E-state index in [0.717, 1.165) is 37.3 Å². The standard InChI is InChI=1S/C16H20N4O.ClH/c1-12-15(16(21)18-13-7-9-17-10-8-13)11-20(19-12)14-5-3-2-4-6-14;/h2-6,11,13,17H,7-10H2,1H3,(H,18,21);1H. The summed E-state index contributed by atoms with van der Waals surface area (Å²) in [5.74, 6) is -0.0263. The van der Waals surface area contributed by atoms with Gasteiger partial charge in [-0.25, -0.2) is 4.68 Å². The molecule has 2 heterocycles. The number of nitrogens with one attached hydrogen (secondary N) is 2. The molecule has 6 heteroatoms. The van der Waals surface area contributed by atoms with Gasteiger partial charge in [0.1, 0.15) is 0 Å². The van der Waals surface area contributed by atoms with Gasteiger partial charge in [0.05, 0.1) is 16.9 Å². The molecule has 2 aromatic rings. The Balaban J connectivity index is 0.00000176. The van der Waals surface area contributed by atoms with Crippen molar-refractivity contribution in [3.63, 3.8) is 0 Å². The van der Waals surface area contributed by atoms with E-state index in [-0.39, 0.29) is 24.4 Å². The van der Waals surface area contributed by atoms with Crippen LogP contribution >= 0.6 is 12.4 Å². The first-order chi connectivity index (χ1) is 10.2. The molecule has 3 rings (SSSR count). The molecular formula is C16H21ClN4O. The molecular weight excluding hydrogens is 300 g/mol. The third-order valence-electron chi connectivity index (χ3n) is 3.84. The summed E-state index contributed by atoms with van der Waals surface area (Å²) in [6, 6.07) is 10.1. The largest absolute Gasteiger partial charge is 0.349 e. The van der Waals surface area contributed by atoms with Crippen LogP contribution in [0.5, 0.6) is 0 Å². The average molecular weight is 321 g/mol. The maximum Gasteiger partial charge on any atom is 0.254 e. The Labute approximate surface area is 136 Å². The lowest BCUT2D eigenvalue weighted by atomic mass is 10.1. The minimum atomic E-state index is -0.0263. The normalized spacial score (nSPS) is 15.1. The number of carbonyl (C=O) groups excluding carboxylic acids is 1. The summed E-state index contributed by atoms with van der Waals surface area (Å²) in [6.45, 7) is 3.80. The number of halogens is 1. The first kappa shape index (κ1) is 16.5. The van der Waals surface area contributed by atoms with Crippen LogP contribution < -0.4 is 10.6 Å². The average Bonchev–Trinajstić information content (AvgIpc) is 2.91. The minimum absolute atomic E-state index is 0. The van der Waals surface area contributed by atoms with Crippen LogP contribution in [0, 0.1) is 6.92 Å². The third-order valence-corrected chi connectivity index (χ3v) is 3.84. The van der Waals surface area contributed by atoms with Gasteiger partial charge in [0, 0.05) is 12.2 Å². The highest BCUT2D eigenvalue weighted by Gasteiger charge is 2.19. The fourth-order valence-electron chi connectivity index (χ4n) is 2.63. The fourth-order valence-corrected chi connectivity index (χ4v) is 2.63. The van der Waals surface area contributed by atoms with Crippen LogP contribution in [0.15, 0.2) is 36.5 Å². The number of nitrogens with zero attached hydrogens (tertiary/aromatic N) is 2. The first-order valence-electron chi connectivity index (χ1n) is 7.37. The molecule has 0 atom stereocenters. The van der Waals surface area contributed by atoms with Crippen LogP contribution in [-0.4, -0.2) is 34.8 Å². The Hall–Kier alpha value is -1.85. The second-order valence-electron chi connectivity index (χ2n) is 5.41. The maximum atomic E-state index is 12.4. The smallest absolute Gasteiger partial charge is 0.254 e. The number of aromatic nitrogens is 2. The summed E-state index contributed by atoms with van der Waals surface area (Å²) in [4.78, 5) is 12.4. The predicted octanol–water partition coefficient (Wildman–Crippen LogP) is 2.08. The van der Waals surface area contributed by atoms with Crippen molar-refractivity contribution in [2.45, 2.75) is 25.8 Å². The molecule has 1 saturated heterocycles. The summed E-state index contributed by atoms with van der Waals surface area (Å²) in [5.41, 5.74) is 2.36. The second-order valence-corrected chi connectivity index (χ2v) is 5.41. The number of rotatable bonds is 3. The van der Waals surface area contributed by atoms with Gasteiger partial charge in [0.15, 0.2) is 0 Å². The van der Waals surface area contributed by atoms with E-state index < -0.39 is 0 Å². The van der Waals surface area contributed by atoms with E-state index >= 15 is 0 Å². The van der Waals surface area contributed by atoms with Crippen molar-refractivity contribution < 1.29 is 4.79 Å². The number of amides is 1. The van der Waals surface area contributed by atoms with E-state index in [2.05, 4.69) is 15.7 Å². The molecule has 1 aliphatic heterocycles. The zero-order valence-electron chi connectivity index (χ0n) is 12.6. The topological polar surface area (TPSA) is 59.0 Å². The Bertz CT molecular complexity index is 620. The summed E-state index contributed by atoms with van der Waals surface area (Å²) in [5, 5.41) is 10.8. The quantitative estimate of drug-likeness (QED) is 0.910. The van der Waals surface area contributed by atoms with Gasteiger partial charge in [-0.3, -0.25) is 4.79 Å². The molecule has 5 nitrogen and oxygen atoms in total. The number of carbonyl (C=O) groups is 1. The van der Waals surface area contributed by atoms with E-state index in [4.69, 9.17) is 0 Å². The van der Waals surface area contributed by atoms with E-state index in [9.17, 15) is 4.79 Å². The number of benzene rings is 1. The molecule has 0 radical (unpaired) electrons. The van der Waals surface area contributed by atoms with Crippen LogP contribution in [0.2, 0.25) is 0 Å². The molecule has 0 saturated carbocycles. The van der Waals surface area contributed by atoms with E-state index in [1.54, 1.807) is 10.9 Å². The number of para-hydroxylation sites is 1. The highest BCUT2D eigenvalue weighted by atomic mass is 35.5. The molecule has 118 valence electrons. The van der Waals surface area contributed by atoms with Crippen molar-refractivity contribution in [3.8, 4) is 5.69 Å². The van der Waals surface area contributed by atoms with Gasteiger partial charge in [-0.15, -0.1) is 12.4 Å². The van der Waals surface area contributed by atoms with E-state index in [1.807, 2.05) is 37.3 Å². The Morgan fingerprint density at radius 2 is 1.95 bits per heavy atom. The van der Waals surface area contributed by atoms with Crippen LogP contribution in [-0.2, 0) is 0 Å². The third kappa shape index (κ3) is 3.67. The monoisotopic (exact) mass is 320 g/mol. The van der Waals surface area contributed by atoms with Gasteiger partial charge in [-0.05, 0) is 45.0 Å². The van der Waals surface area contributed by atoms with Gasteiger partial charge in [0.2, 0.25) is 0 Å². The molecule has 0 spiro atoms. The number of piperidine rings is 1. The van der Waals surface area contributed by atoms with Crippen LogP contribution in [0.3, 0.4) is 0 Å². The molecule has 1 aliphatic rings. The van der Waals surface area contributed by atoms with Gasteiger partial charge in [0.25, 0.3) is 5.91 Å². The number of hydrogen-bond donors (Lipinski definition) is 2. The molecule has 1 aromatic carbocycles. The summed E-state index contributed by atoms with van der Waals surface area (Å²) >= 11 is 0. The summed E-state index contributed by atoms with van der Waals surface area (Å²) in [6.07, 6.45) is 3.77. The van der Waals surface area contributed by atoms with E-state index in [1.165, 1.54) is 0 Å². The summed E-state index contributed by atoms with van der Waals surface area (Å²) < 4.78 is 1.76. The molecule has 0 aliphatic carbocycles. The number of hydrogen-bond acceptors (Lipinski definition) is 3. The van der Waals surface area contributed by atoms with Crippen LogP contribution in [0.1, 0.15) is 28.9 Å².